The van der Waals surface area contributed by atoms with Crippen LogP contribution in [0.5, 0.6) is 0 Å². The highest BCUT2D eigenvalue weighted by Crippen LogP contribution is 2.27. The number of anilines is 1. The third-order valence-corrected chi connectivity index (χ3v) is 5.66. The second-order valence-electron chi connectivity index (χ2n) is 5.34. The van der Waals surface area contributed by atoms with Crippen molar-refractivity contribution in [2.45, 2.75) is 4.90 Å². The molecule has 10 heteroatoms. The molecule has 1 aliphatic heterocycles. The summed E-state index contributed by atoms with van der Waals surface area (Å²) >= 11 is 5.72. The molecule has 0 aliphatic carbocycles. The Morgan fingerprint density at radius 1 is 1.00 bits per heavy atom. The van der Waals surface area contributed by atoms with Crippen LogP contribution in [-0.4, -0.2) is 42.3 Å². The molecule has 26 heavy (non-hydrogen) atoms. The number of sulfonamides is 1. The van der Waals surface area contributed by atoms with Crippen molar-refractivity contribution in [2.75, 3.05) is 11.4 Å². The van der Waals surface area contributed by atoms with Crippen LogP contribution in [0.3, 0.4) is 0 Å². The number of carboxylic acid groups (broad SMARTS) is 1. The smallest absolute Gasteiger partial charge is 0.346 e. The van der Waals surface area contributed by atoms with Crippen molar-refractivity contribution in [1.82, 2.24) is 4.31 Å². The number of imide groups is 1. The molecule has 2 aromatic carbocycles. The van der Waals surface area contributed by atoms with Crippen LogP contribution in [0.15, 0.2) is 53.4 Å². The molecule has 1 aliphatic rings. The van der Waals surface area contributed by atoms with E-state index in [4.69, 9.17) is 16.7 Å². The number of carboxylic acids is 1. The zero-order chi connectivity index (χ0) is 19.1. The average Bonchev–Trinajstić information content (AvgIpc) is 2.90. The minimum absolute atomic E-state index is 0.00244. The van der Waals surface area contributed by atoms with E-state index >= 15 is 0 Å². The zero-order valence-corrected chi connectivity index (χ0v) is 14.6. The maximum Gasteiger partial charge on any atom is 0.346 e. The van der Waals surface area contributed by atoms with Gasteiger partial charge in [-0.15, -0.1) is 4.31 Å². The molecule has 3 amide bonds. The third kappa shape index (κ3) is 3.02. The first-order valence-corrected chi connectivity index (χ1v) is 9.02. The van der Waals surface area contributed by atoms with Crippen molar-refractivity contribution in [2.24, 2.45) is 0 Å². The van der Waals surface area contributed by atoms with E-state index < -0.39 is 34.5 Å². The molecule has 0 unspecified atom stereocenters. The highest BCUT2D eigenvalue weighted by atomic mass is 35.5. The second kappa shape index (κ2) is 6.43. The third-order valence-electron chi connectivity index (χ3n) is 3.70. The van der Waals surface area contributed by atoms with E-state index in [-0.39, 0.29) is 20.5 Å². The molecular formula is C16H11ClN2O6S. The van der Waals surface area contributed by atoms with E-state index in [1.165, 1.54) is 48.5 Å². The molecular weight excluding hydrogens is 384 g/mol. The predicted octanol–water partition coefficient (Wildman–Crippen LogP) is 2.20. The van der Waals surface area contributed by atoms with Gasteiger partial charge in [0.25, 0.3) is 15.9 Å². The Morgan fingerprint density at radius 2 is 1.58 bits per heavy atom. The monoisotopic (exact) mass is 394 g/mol. The summed E-state index contributed by atoms with van der Waals surface area (Å²) in [5.41, 5.74) is 0.208. The summed E-state index contributed by atoms with van der Waals surface area (Å²) in [5, 5.41) is 9.21. The summed E-state index contributed by atoms with van der Waals surface area (Å²) in [4.78, 5) is 36.3. The number of benzene rings is 2. The van der Waals surface area contributed by atoms with Gasteiger partial charge in [-0.2, -0.15) is 0 Å². The van der Waals surface area contributed by atoms with Crippen LogP contribution in [0, 0.1) is 0 Å². The summed E-state index contributed by atoms with van der Waals surface area (Å²) in [5.74, 6) is -2.06. The fraction of sp³-hybridized carbons (Fsp3) is 0.0625. The van der Waals surface area contributed by atoms with Crippen LogP contribution >= 0.6 is 11.6 Å². The SMILES string of the molecule is O=C(O)c1ccc(N2CC(=O)N(S(=O)(=O)c3ccc(Cl)cc3)C2=O)cc1. The number of hydrogen-bond acceptors (Lipinski definition) is 5. The predicted molar refractivity (Wildman–Crippen MR) is 91.6 cm³/mol. The normalized spacial score (nSPS) is 14.8. The molecule has 0 saturated carbocycles. The van der Waals surface area contributed by atoms with E-state index in [0.29, 0.717) is 5.02 Å². The van der Waals surface area contributed by atoms with Gasteiger partial charge in [0, 0.05) is 10.7 Å². The number of amides is 3. The number of urea groups is 1. The van der Waals surface area contributed by atoms with Crippen molar-refractivity contribution in [1.29, 1.82) is 0 Å². The van der Waals surface area contributed by atoms with E-state index in [2.05, 4.69) is 0 Å². The van der Waals surface area contributed by atoms with E-state index in [1.807, 2.05) is 0 Å². The first-order chi connectivity index (χ1) is 12.2. The van der Waals surface area contributed by atoms with Gasteiger partial charge in [0.15, 0.2) is 0 Å². The maximum absolute atomic E-state index is 12.6. The molecule has 0 atom stereocenters. The zero-order valence-electron chi connectivity index (χ0n) is 13.0. The Balaban J connectivity index is 1.93. The number of carbonyl (C=O) groups excluding carboxylic acids is 2. The number of carbonyl (C=O) groups is 3. The fourth-order valence-electron chi connectivity index (χ4n) is 2.42. The summed E-state index contributed by atoms with van der Waals surface area (Å²) in [6.45, 7) is -0.474. The first-order valence-electron chi connectivity index (χ1n) is 7.20. The molecule has 1 heterocycles. The molecule has 0 bridgehead atoms. The van der Waals surface area contributed by atoms with Crippen LogP contribution in [0.4, 0.5) is 10.5 Å². The number of aromatic carboxylic acids is 1. The number of nitrogens with zero attached hydrogens (tertiary/aromatic N) is 2. The fourth-order valence-corrected chi connectivity index (χ4v) is 3.86. The maximum atomic E-state index is 12.6. The minimum atomic E-state index is -4.38. The standard InChI is InChI=1S/C16H11ClN2O6S/c17-11-3-7-13(8-4-11)26(24,25)19-14(20)9-18(16(19)23)12-5-1-10(2-6-12)15(21)22/h1-8H,9H2,(H,21,22). The molecule has 8 nitrogen and oxygen atoms in total. The lowest BCUT2D eigenvalue weighted by Gasteiger charge is -2.17. The molecule has 1 saturated heterocycles. The van der Waals surface area contributed by atoms with Crippen molar-refractivity contribution in [3.8, 4) is 0 Å². The molecule has 0 spiro atoms. The van der Waals surface area contributed by atoms with E-state index in [1.54, 1.807) is 0 Å². The van der Waals surface area contributed by atoms with Gasteiger partial charge in [0.2, 0.25) is 0 Å². The molecule has 2 aromatic rings. The first kappa shape index (κ1) is 17.9. The van der Waals surface area contributed by atoms with Gasteiger partial charge in [-0.3, -0.25) is 9.69 Å². The van der Waals surface area contributed by atoms with Crippen LogP contribution < -0.4 is 4.90 Å². The van der Waals surface area contributed by atoms with Gasteiger partial charge in [0.1, 0.15) is 6.54 Å². The Morgan fingerprint density at radius 3 is 2.12 bits per heavy atom. The van der Waals surface area contributed by atoms with Gasteiger partial charge in [-0.1, -0.05) is 11.6 Å². The van der Waals surface area contributed by atoms with E-state index in [0.717, 1.165) is 4.90 Å². The van der Waals surface area contributed by atoms with Crippen molar-refractivity contribution >= 4 is 45.2 Å². The lowest BCUT2D eigenvalue weighted by Crippen LogP contribution is -2.38. The average molecular weight is 395 g/mol. The largest absolute Gasteiger partial charge is 0.478 e. The summed E-state index contributed by atoms with van der Waals surface area (Å²) in [6, 6.07) is 9.19. The van der Waals surface area contributed by atoms with Crippen LogP contribution in [0.25, 0.3) is 0 Å². The number of halogens is 1. The highest BCUT2D eigenvalue weighted by Gasteiger charge is 2.45. The molecule has 134 valence electrons. The van der Waals surface area contributed by atoms with Gasteiger partial charge in [-0.05, 0) is 48.5 Å². The minimum Gasteiger partial charge on any atom is -0.478 e. The van der Waals surface area contributed by atoms with Crippen LogP contribution in [0.1, 0.15) is 10.4 Å². The summed E-state index contributed by atoms with van der Waals surface area (Å²) in [6.07, 6.45) is 0. The van der Waals surface area contributed by atoms with Crippen molar-refractivity contribution < 1.29 is 27.9 Å². The molecule has 1 fully saturated rings. The van der Waals surface area contributed by atoms with Crippen LogP contribution in [-0.2, 0) is 14.8 Å². The quantitative estimate of drug-likeness (QED) is 0.795. The lowest BCUT2D eigenvalue weighted by molar-refractivity contribution is -0.121. The topological polar surface area (TPSA) is 112 Å². The van der Waals surface area contributed by atoms with Gasteiger partial charge in [-0.25, -0.2) is 18.0 Å². The van der Waals surface area contributed by atoms with Gasteiger partial charge in [0.05, 0.1) is 10.5 Å². The second-order valence-corrected chi connectivity index (χ2v) is 7.56. The molecule has 0 radical (unpaired) electrons. The van der Waals surface area contributed by atoms with E-state index in [9.17, 15) is 22.8 Å². The molecule has 1 N–H and O–H groups in total. The van der Waals surface area contributed by atoms with Gasteiger partial charge < -0.3 is 5.11 Å². The molecule has 3 rings (SSSR count). The van der Waals surface area contributed by atoms with Gasteiger partial charge >= 0.3 is 12.0 Å². The highest BCUT2D eigenvalue weighted by molar-refractivity contribution is 7.90. The lowest BCUT2D eigenvalue weighted by atomic mass is 10.2. The Labute approximate surface area is 153 Å². The number of rotatable bonds is 4. The Bertz CT molecular complexity index is 1000. The number of hydrogen-bond donors (Lipinski definition) is 1. The summed E-state index contributed by atoms with van der Waals surface area (Å²) in [7, 11) is -4.38. The summed E-state index contributed by atoms with van der Waals surface area (Å²) < 4.78 is 25.4. The van der Waals surface area contributed by atoms with Crippen molar-refractivity contribution in [3.05, 3.63) is 59.1 Å². The van der Waals surface area contributed by atoms with Crippen LogP contribution in [0.2, 0.25) is 5.02 Å². The van der Waals surface area contributed by atoms with Crippen molar-refractivity contribution in [3.63, 3.8) is 0 Å². The Kier molecular flexibility index (Phi) is 4.43. The Hall–Kier alpha value is -2.91. The molecule has 0 aromatic heterocycles.